The first-order chi connectivity index (χ1) is 14.3. The zero-order valence-electron chi connectivity index (χ0n) is 15.7. The molecule has 0 fully saturated rings. The molecule has 0 saturated heterocycles. The summed E-state index contributed by atoms with van der Waals surface area (Å²) >= 11 is 1.62. The lowest BCUT2D eigenvalue weighted by Crippen LogP contribution is -2.12. The minimum Gasteiger partial charge on any atom is -0.323 e. The van der Waals surface area contributed by atoms with E-state index in [2.05, 4.69) is 20.7 Å². The summed E-state index contributed by atoms with van der Waals surface area (Å²) in [7, 11) is 0. The zero-order chi connectivity index (χ0) is 19.9. The number of nitrogens with zero attached hydrogens (tertiary/aromatic N) is 5. The van der Waals surface area contributed by atoms with E-state index in [1.54, 1.807) is 33.5 Å². The van der Waals surface area contributed by atoms with Gasteiger partial charge in [-0.25, -0.2) is 9.36 Å². The van der Waals surface area contributed by atoms with Crippen molar-refractivity contribution in [3.63, 3.8) is 0 Å². The Labute approximate surface area is 172 Å². The van der Waals surface area contributed by atoms with E-state index < -0.39 is 0 Å². The monoisotopic (exact) mass is 404 g/mol. The highest BCUT2D eigenvalue weighted by Gasteiger charge is 2.07. The van der Waals surface area contributed by atoms with Gasteiger partial charge in [0.1, 0.15) is 12.2 Å². The molecule has 4 rings (SSSR count). The number of para-hydroxylation sites is 1. The molecule has 0 unspecified atom stereocenters. The van der Waals surface area contributed by atoms with Crippen LogP contribution in [-0.4, -0.2) is 36.4 Å². The smallest absolute Gasteiger partial charge is 0.225 e. The fourth-order valence-electron chi connectivity index (χ4n) is 2.80. The van der Waals surface area contributed by atoms with Crippen LogP contribution in [0.1, 0.15) is 12.0 Å². The summed E-state index contributed by atoms with van der Waals surface area (Å²) in [4.78, 5) is 12.1. The molecule has 8 heteroatoms. The van der Waals surface area contributed by atoms with E-state index in [4.69, 9.17) is 0 Å². The SMILES string of the molecule is O=C(CCS/C=C\c1ccccc1)Nc1cnn(Cn2nnc3ccccc32)c1. The van der Waals surface area contributed by atoms with Gasteiger partial charge in [-0.15, -0.1) is 16.9 Å². The molecule has 0 atom stereocenters. The molecule has 29 heavy (non-hydrogen) atoms. The van der Waals surface area contributed by atoms with Crippen molar-refractivity contribution >= 4 is 40.5 Å². The Kier molecular flexibility index (Phi) is 6.01. The van der Waals surface area contributed by atoms with Crippen molar-refractivity contribution in [3.8, 4) is 0 Å². The van der Waals surface area contributed by atoms with Gasteiger partial charge in [0.2, 0.25) is 5.91 Å². The number of aromatic nitrogens is 5. The number of carbonyl (C=O) groups excluding carboxylic acids is 1. The number of hydrogen-bond donors (Lipinski definition) is 1. The van der Waals surface area contributed by atoms with Crippen LogP contribution in [0.2, 0.25) is 0 Å². The average molecular weight is 404 g/mol. The van der Waals surface area contributed by atoms with Crippen LogP contribution in [-0.2, 0) is 11.5 Å². The normalized spacial score (nSPS) is 11.3. The zero-order valence-corrected chi connectivity index (χ0v) is 16.5. The van der Waals surface area contributed by atoms with Gasteiger partial charge < -0.3 is 5.32 Å². The van der Waals surface area contributed by atoms with Crippen molar-refractivity contribution in [2.75, 3.05) is 11.1 Å². The van der Waals surface area contributed by atoms with Crippen LogP contribution in [0.3, 0.4) is 0 Å². The number of rotatable bonds is 8. The van der Waals surface area contributed by atoms with Crippen LogP contribution in [0.5, 0.6) is 0 Å². The van der Waals surface area contributed by atoms with Crippen LogP contribution in [0, 0.1) is 0 Å². The third-order valence-corrected chi connectivity index (χ3v) is 4.99. The van der Waals surface area contributed by atoms with Crippen LogP contribution >= 0.6 is 11.8 Å². The average Bonchev–Trinajstić information content (AvgIpc) is 3.36. The molecular formula is C21H20N6OS. The highest BCUT2D eigenvalue weighted by atomic mass is 32.2. The van der Waals surface area contributed by atoms with E-state index in [0.29, 0.717) is 24.5 Å². The summed E-state index contributed by atoms with van der Waals surface area (Å²) < 4.78 is 3.48. The maximum Gasteiger partial charge on any atom is 0.225 e. The molecule has 0 saturated carbocycles. The van der Waals surface area contributed by atoms with Gasteiger partial charge in [-0.2, -0.15) is 5.10 Å². The highest BCUT2D eigenvalue weighted by molar-refractivity contribution is 8.02. The summed E-state index contributed by atoms with van der Waals surface area (Å²) in [6, 6.07) is 17.8. The second-order valence-corrected chi connectivity index (χ2v) is 7.38. The second kappa shape index (κ2) is 9.20. The Hall–Kier alpha value is -3.39. The molecule has 0 aliphatic carbocycles. The Bertz CT molecular complexity index is 1120. The van der Waals surface area contributed by atoms with Gasteiger partial charge in [0.25, 0.3) is 0 Å². The minimum absolute atomic E-state index is 0.0311. The molecular weight excluding hydrogens is 384 g/mol. The van der Waals surface area contributed by atoms with Crippen molar-refractivity contribution in [2.45, 2.75) is 13.1 Å². The van der Waals surface area contributed by atoms with Crippen molar-refractivity contribution in [3.05, 3.63) is 78.0 Å². The molecule has 7 nitrogen and oxygen atoms in total. The third kappa shape index (κ3) is 5.11. The summed E-state index contributed by atoms with van der Waals surface area (Å²) in [5, 5.41) is 17.5. The number of fused-ring (bicyclic) bond motifs is 1. The fraction of sp³-hybridized carbons (Fsp3) is 0.143. The number of amides is 1. The van der Waals surface area contributed by atoms with E-state index in [1.807, 2.05) is 66.1 Å². The Morgan fingerprint density at radius 3 is 2.83 bits per heavy atom. The first-order valence-corrected chi connectivity index (χ1v) is 10.3. The van der Waals surface area contributed by atoms with E-state index in [-0.39, 0.29) is 5.91 Å². The first-order valence-electron chi connectivity index (χ1n) is 9.22. The predicted octanol–water partition coefficient (Wildman–Crippen LogP) is 3.87. The molecule has 146 valence electrons. The van der Waals surface area contributed by atoms with E-state index >= 15 is 0 Å². The van der Waals surface area contributed by atoms with Gasteiger partial charge in [-0.1, -0.05) is 47.7 Å². The quantitative estimate of drug-likeness (QED) is 0.451. The standard InChI is InChI=1S/C21H20N6OS/c28-21(11-13-29-12-10-17-6-2-1-3-7-17)23-18-14-22-26(15-18)16-27-20-9-5-4-8-19(20)24-25-27/h1-10,12,14-15H,11,13,16H2,(H,23,28)/b12-10-. The predicted molar refractivity (Wildman–Crippen MR) is 116 cm³/mol. The van der Waals surface area contributed by atoms with Gasteiger partial charge in [0.15, 0.2) is 0 Å². The number of anilines is 1. The molecule has 1 amide bonds. The molecule has 0 radical (unpaired) electrons. The lowest BCUT2D eigenvalue weighted by molar-refractivity contribution is -0.115. The highest BCUT2D eigenvalue weighted by Crippen LogP contribution is 2.13. The largest absolute Gasteiger partial charge is 0.323 e. The van der Waals surface area contributed by atoms with Gasteiger partial charge in [0.05, 0.1) is 23.6 Å². The van der Waals surface area contributed by atoms with Crippen LogP contribution in [0.4, 0.5) is 5.69 Å². The maximum atomic E-state index is 12.1. The molecule has 4 aromatic rings. The third-order valence-electron chi connectivity index (χ3n) is 4.22. The number of benzene rings is 2. The second-order valence-electron chi connectivity index (χ2n) is 6.37. The van der Waals surface area contributed by atoms with E-state index in [9.17, 15) is 4.79 Å². The summed E-state index contributed by atoms with van der Waals surface area (Å²) in [5.74, 6) is 0.685. The van der Waals surface area contributed by atoms with Crippen molar-refractivity contribution in [1.82, 2.24) is 24.8 Å². The maximum absolute atomic E-state index is 12.1. The van der Waals surface area contributed by atoms with Crippen molar-refractivity contribution in [1.29, 1.82) is 0 Å². The molecule has 0 bridgehead atoms. The number of carbonyl (C=O) groups is 1. The van der Waals surface area contributed by atoms with E-state index in [0.717, 1.165) is 16.6 Å². The molecule has 2 heterocycles. The molecule has 1 N–H and O–H groups in total. The Morgan fingerprint density at radius 2 is 1.93 bits per heavy atom. The lowest BCUT2D eigenvalue weighted by atomic mass is 10.2. The van der Waals surface area contributed by atoms with Gasteiger partial charge in [-0.3, -0.25) is 4.79 Å². The number of nitrogens with one attached hydrogen (secondary N) is 1. The molecule has 2 aromatic heterocycles. The number of thioether (sulfide) groups is 1. The molecule has 0 aliphatic rings. The Morgan fingerprint density at radius 1 is 1.10 bits per heavy atom. The van der Waals surface area contributed by atoms with Crippen LogP contribution < -0.4 is 5.32 Å². The van der Waals surface area contributed by atoms with Gasteiger partial charge in [0, 0.05) is 12.2 Å². The van der Waals surface area contributed by atoms with Gasteiger partial charge >= 0.3 is 0 Å². The molecule has 2 aromatic carbocycles. The summed E-state index contributed by atoms with van der Waals surface area (Å²) in [6.07, 6.45) is 5.90. The summed E-state index contributed by atoms with van der Waals surface area (Å²) in [5.41, 5.74) is 3.60. The fourth-order valence-corrected chi connectivity index (χ4v) is 3.49. The Balaban J connectivity index is 1.24. The number of hydrogen-bond acceptors (Lipinski definition) is 5. The first kappa shape index (κ1) is 18.9. The van der Waals surface area contributed by atoms with Crippen LogP contribution in [0.15, 0.2) is 72.4 Å². The van der Waals surface area contributed by atoms with Crippen molar-refractivity contribution in [2.24, 2.45) is 0 Å². The molecule has 0 spiro atoms. The lowest BCUT2D eigenvalue weighted by Gasteiger charge is -2.03. The topological polar surface area (TPSA) is 77.6 Å². The van der Waals surface area contributed by atoms with E-state index in [1.165, 1.54) is 0 Å². The summed E-state index contributed by atoms with van der Waals surface area (Å²) in [6.45, 7) is 0.427. The minimum atomic E-state index is -0.0311. The van der Waals surface area contributed by atoms with Crippen LogP contribution in [0.25, 0.3) is 17.1 Å². The van der Waals surface area contributed by atoms with Gasteiger partial charge in [-0.05, 0) is 29.2 Å². The molecule has 0 aliphatic heterocycles. The van der Waals surface area contributed by atoms with Crippen molar-refractivity contribution < 1.29 is 4.79 Å².